The summed E-state index contributed by atoms with van der Waals surface area (Å²) in [7, 11) is -3.97. The molecular formula is C6H5N5O3S. The van der Waals surface area contributed by atoms with Gasteiger partial charge >= 0.3 is 0 Å². The van der Waals surface area contributed by atoms with Crippen LogP contribution in [0.25, 0.3) is 10.4 Å². The second-order valence-electron chi connectivity index (χ2n) is 2.40. The molecule has 0 aliphatic rings. The molecule has 9 heteroatoms. The number of primary sulfonamides is 1. The smallest absolute Gasteiger partial charge is 0.267 e. The summed E-state index contributed by atoms with van der Waals surface area (Å²) < 4.78 is 21.7. The van der Waals surface area contributed by atoms with Gasteiger partial charge < -0.3 is 0 Å². The van der Waals surface area contributed by atoms with Crippen molar-refractivity contribution in [1.29, 1.82) is 0 Å². The second kappa shape index (κ2) is 4.05. The standard InChI is InChI=1S/C6H5N5O3S/c7-11-10-6(12)4-2-1-3-5(9-4)15(8,13)14/h1-3H,(H2,8,13,14). The molecule has 0 unspecified atom stereocenters. The molecule has 1 heterocycles. The number of carbonyl (C=O) groups is 1. The fraction of sp³-hybridized carbons (Fsp3) is 0. The lowest BCUT2D eigenvalue weighted by Gasteiger charge is -1.98. The summed E-state index contributed by atoms with van der Waals surface area (Å²) in [5, 5.41) is 7.10. The Balaban J connectivity index is 3.25. The van der Waals surface area contributed by atoms with Crippen LogP contribution in [0.3, 0.4) is 0 Å². The first-order chi connectivity index (χ1) is 6.95. The number of aromatic nitrogens is 1. The molecule has 1 aromatic rings. The maximum atomic E-state index is 11.0. The average molecular weight is 227 g/mol. The molecule has 0 aliphatic carbocycles. The first-order valence-electron chi connectivity index (χ1n) is 3.54. The molecule has 0 aromatic carbocycles. The molecule has 78 valence electrons. The van der Waals surface area contributed by atoms with Crippen LogP contribution in [0.5, 0.6) is 0 Å². The van der Waals surface area contributed by atoms with Crippen LogP contribution in [0.4, 0.5) is 0 Å². The van der Waals surface area contributed by atoms with Crippen LogP contribution in [-0.4, -0.2) is 19.3 Å². The van der Waals surface area contributed by atoms with Crippen molar-refractivity contribution in [3.63, 3.8) is 0 Å². The van der Waals surface area contributed by atoms with Gasteiger partial charge in [-0.2, -0.15) is 0 Å². The number of azide groups is 1. The molecule has 15 heavy (non-hydrogen) atoms. The topological polar surface area (TPSA) is 139 Å². The van der Waals surface area contributed by atoms with Crippen molar-refractivity contribution in [2.45, 2.75) is 5.03 Å². The number of nitrogens with zero attached hydrogens (tertiary/aromatic N) is 4. The first-order valence-corrected chi connectivity index (χ1v) is 5.09. The number of sulfonamides is 1. The predicted octanol–water partition coefficient (Wildman–Crippen LogP) is 0.180. The van der Waals surface area contributed by atoms with Crippen LogP contribution >= 0.6 is 0 Å². The molecular weight excluding hydrogens is 222 g/mol. The summed E-state index contributed by atoms with van der Waals surface area (Å²) in [4.78, 5) is 16.7. The molecule has 1 aromatic heterocycles. The molecule has 0 saturated heterocycles. The fourth-order valence-corrected chi connectivity index (χ4v) is 1.28. The minimum absolute atomic E-state index is 0.278. The predicted molar refractivity (Wildman–Crippen MR) is 49.1 cm³/mol. The van der Waals surface area contributed by atoms with Gasteiger partial charge in [0.2, 0.25) is 0 Å². The highest BCUT2D eigenvalue weighted by Gasteiger charge is 2.12. The summed E-state index contributed by atoms with van der Waals surface area (Å²) >= 11 is 0. The van der Waals surface area contributed by atoms with Crippen LogP contribution in [0.15, 0.2) is 28.3 Å². The molecule has 1 rings (SSSR count). The zero-order valence-corrected chi connectivity index (χ0v) is 8.05. The van der Waals surface area contributed by atoms with E-state index in [9.17, 15) is 13.2 Å². The van der Waals surface area contributed by atoms with Crippen LogP contribution in [0.1, 0.15) is 10.5 Å². The average Bonchev–Trinajstić information content (AvgIpc) is 2.17. The lowest BCUT2D eigenvalue weighted by atomic mass is 10.3. The van der Waals surface area contributed by atoms with Gasteiger partial charge in [-0.15, -0.1) is 0 Å². The van der Waals surface area contributed by atoms with Crippen molar-refractivity contribution in [1.82, 2.24) is 4.98 Å². The molecule has 0 fully saturated rings. The van der Waals surface area contributed by atoms with E-state index in [0.717, 1.165) is 6.07 Å². The van der Waals surface area contributed by atoms with E-state index >= 15 is 0 Å². The first kappa shape index (κ1) is 11.1. The summed E-state index contributed by atoms with van der Waals surface area (Å²) in [5.41, 5.74) is 7.72. The number of rotatable bonds is 2. The molecule has 2 N–H and O–H groups in total. The zero-order valence-electron chi connectivity index (χ0n) is 7.23. The number of pyridine rings is 1. The highest BCUT2D eigenvalue weighted by atomic mass is 32.2. The SMILES string of the molecule is [N-]=[N+]=NC(=O)c1cccc(S(N)(=O)=O)n1. The van der Waals surface area contributed by atoms with E-state index < -0.39 is 21.0 Å². The number of hydrogen-bond donors (Lipinski definition) is 1. The Morgan fingerprint density at radius 2 is 2.20 bits per heavy atom. The Morgan fingerprint density at radius 3 is 2.73 bits per heavy atom. The Kier molecular flexibility index (Phi) is 3.00. The van der Waals surface area contributed by atoms with Gasteiger partial charge in [-0.1, -0.05) is 6.07 Å². The van der Waals surface area contributed by atoms with E-state index in [0.29, 0.717) is 0 Å². The molecule has 1 amide bonds. The minimum atomic E-state index is -3.97. The van der Waals surface area contributed by atoms with Gasteiger partial charge in [0.05, 0.1) is 0 Å². The minimum Gasteiger partial charge on any atom is -0.285 e. The van der Waals surface area contributed by atoms with Crippen LogP contribution in [0, 0.1) is 0 Å². The van der Waals surface area contributed by atoms with E-state index in [-0.39, 0.29) is 5.69 Å². The van der Waals surface area contributed by atoms with Crippen molar-refractivity contribution in [2.75, 3.05) is 0 Å². The summed E-state index contributed by atoms with van der Waals surface area (Å²) in [6.07, 6.45) is 0. The van der Waals surface area contributed by atoms with Gasteiger partial charge in [0.25, 0.3) is 15.9 Å². The second-order valence-corrected chi connectivity index (χ2v) is 3.91. The van der Waals surface area contributed by atoms with Gasteiger partial charge in [0, 0.05) is 4.91 Å². The highest BCUT2D eigenvalue weighted by Crippen LogP contribution is 2.05. The Morgan fingerprint density at radius 1 is 1.53 bits per heavy atom. The highest BCUT2D eigenvalue weighted by molar-refractivity contribution is 7.89. The van der Waals surface area contributed by atoms with Crippen molar-refractivity contribution >= 4 is 15.9 Å². The summed E-state index contributed by atoms with van der Waals surface area (Å²) in [6.45, 7) is 0. The molecule has 0 radical (unpaired) electrons. The normalized spacial score (nSPS) is 10.5. The van der Waals surface area contributed by atoms with Crippen LogP contribution < -0.4 is 5.14 Å². The van der Waals surface area contributed by atoms with Gasteiger partial charge in [-0.3, -0.25) is 4.79 Å². The Labute approximate surface area is 84.4 Å². The third-order valence-corrected chi connectivity index (χ3v) is 2.18. The third kappa shape index (κ3) is 2.74. The lowest BCUT2D eigenvalue weighted by molar-refractivity contribution is 0.0995. The summed E-state index contributed by atoms with van der Waals surface area (Å²) in [5.74, 6) is -0.969. The van der Waals surface area contributed by atoms with Gasteiger partial charge in [0.15, 0.2) is 5.03 Å². The van der Waals surface area contributed by atoms with E-state index in [1.165, 1.54) is 12.1 Å². The van der Waals surface area contributed by atoms with E-state index in [2.05, 4.69) is 15.0 Å². The number of carbonyl (C=O) groups excluding carboxylic acids is 1. The van der Waals surface area contributed by atoms with Crippen molar-refractivity contribution in [3.8, 4) is 0 Å². The molecule has 0 atom stereocenters. The maximum absolute atomic E-state index is 11.0. The summed E-state index contributed by atoms with van der Waals surface area (Å²) in [6, 6.07) is 3.61. The Bertz CT molecular complexity index is 546. The lowest BCUT2D eigenvalue weighted by Crippen LogP contribution is -2.15. The van der Waals surface area contributed by atoms with E-state index in [1.54, 1.807) is 0 Å². The molecule has 0 bridgehead atoms. The van der Waals surface area contributed by atoms with Crippen molar-refractivity contribution < 1.29 is 13.2 Å². The number of amides is 1. The monoisotopic (exact) mass is 227 g/mol. The van der Waals surface area contributed by atoms with Gasteiger partial charge in [-0.25, -0.2) is 18.5 Å². The molecule has 0 spiro atoms. The Hall–Kier alpha value is -1.96. The molecule has 0 aliphatic heterocycles. The van der Waals surface area contributed by atoms with Crippen LogP contribution in [0.2, 0.25) is 0 Å². The van der Waals surface area contributed by atoms with E-state index in [4.69, 9.17) is 10.7 Å². The largest absolute Gasteiger partial charge is 0.285 e. The van der Waals surface area contributed by atoms with Crippen molar-refractivity contribution in [2.24, 2.45) is 10.3 Å². The number of hydrogen-bond acceptors (Lipinski definition) is 4. The molecule has 0 saturated carbocycles. The fourth-order valence-electron chi connectivity index (χ4n) is 0.784. The zero-order chi connectivity index (χ0) is 11.5. The van der Waals surface area contributed by atoms with Gasteiger partial charge in [0.1, 0.15) is 5.69 Å². The number of nitrogens with two attached hydrogens (primary N) is 1. The van der Waals surface area contributed by atoms with Gasteiger partial charge in [-0.05, 0) is 22.8 Å². The van der Waals surface area contributed by atoms with E-state index in [1.807, 2.05) is 0 Å². The van der Waals surface area contributed by atoms with Crippen molar-refractivity contribution in [3.05, 3.63) is 34.3 Å². The van der Waals surface area contributed by atoms with Crippen LogP contribution in [-0.2, 0) is 10.0 Å². The quantitative estimate of drug-likeness (QED) is 0.437. The third-order valence-electron chi connectivity index (χ3n) is 1.37. The molecule has 8 nitrogen and oxygen atoms in total. The maximum Gasteiger partial charge on any atom is 0.267 e.